The Morgan fingerprint density at radius 3 is 2.36 bits per heavy atom. The molecule has 0 aliphatic heterocycles. The van der Waals surface area contributed by atoms with Gasteiger partial charge in [0.15, 0.2) is 0 Å². The molecule has 11 heavy (non-hydrogen) atoms. The van der Waals surface area contributed by atoms with Crippen molar-refractivity contribution >= 4 is 23.2 Å². The highest BCUT2D eigenvalue weighted by Gasteiger charge is 2.04. The number of rotatable bonds is 1. The molecule has 60 valence electrons. The van der Waals surface area contributed by atoms with Crippen LogP contribution in [0.5, 0.6) is 5.75 Å². The summed E-state index contributed by atoms with van der Waals surface area (Å²) in [6.07, 6.45) is 0. The standard InChI is InChI=1S/C7H6Cl2O2/c8-5-1-4(3-10)2-6(11)7(5)9/h1-2,10-11H,3H2. The van der Waals surface area contributed by atoms with Gasteiger partial charge in [-0.05, 0) is 17.7 Å². The number of halogens is 2. The monoisotopic (exact) mass is 192 g/mol. The van der Waals surface area contributed by atoms with Crippen molar-refractivity contribution in [3.8, 4) is 5.75 Å². The predicted molar refractivity (Wildman–Crippen MR) is 44.0 cm³/mol. The summed E-state index contributed by atoms with van der Waals surface area (Å²) in [4.78, 5) is 0. The summed E-state index contributed by atoms with van der Waals surface area (Å²) in [5.74, 6) is -0.108. The van der Waals surface area contributed by atoms with Crippen molar-refractivity contribution in [3.63, 3.8) is 0 Å². The van der Waals surface area contributed by atoms with Crippen molar-refractivity contribution in [2.75, 3.05) is 0 Å². The maximum atomic E-state index is 9.08. The van der Waals surface area contributed by atoms with Crippen molar-refractivity contribution in [3.05, 3.63) is 27.7 Å². The summed E-state index contributed by atoms with van der Waals surface area (Å²) in [6.45, 7) is -0.162. The first-order valence-electron chi connectivity index (χ1n) is 2.93. The Labute approximate surface area is 74.0 Å². The van der Waals surface area contributed by atoms with Crippen LogP contribution in [-0.4, -0.2) is 10.2 Å². The van der Waals surface area contributed by atoms with Gasteiger partial charge < -0.3 is 10.2 Å². The molecule has 0 saturated heterocycles. The van der Waals surface area contributed by atoms with Crippen LogP contribution >= 0.6 is 23.2 Å². The lowest BCUT2D eigenvalue weighted by atomic mass is 10.2. The third-order valence-electron chi connectivity index (χ3n) is 1.25. The van der Waals surface area contributed by atoms with Crippen LogP contribution in [0.25, 0.3) is 0 Å². The first-order chi connectivity index (χ1) is 5.15. The molecule has 0 saturated carbocycles. The van der Waals surface area contributed by atoms with Crippen LogP contribution in [0.4, 0.5) is 0 Å². The van der Waals surface area contributed by atoms with Crippen LogP contribution in [0.1, 0.15) is 5.56 Å². The Kier molecular flexibility index (Phi) is 2.60. The van der Waals surface area contributed by atoms with E-state index < -0.39 is 0 Å². The molecule has 0 unspecified atom stereocenters. The van der Waals surface area contributed by atoms with Gasteiger partial charge in [0, 0.05) is 0 Å². The molecule has 1 rings (SSSR count). The molecule has 4 heteroatoms. The van der Waals surface area contributed by atoms with Gasteiger partial charge in [-0.2, -0.15) is 0 Å². The van der Waals surface area contributed by atoms with Crippen molar-refractivity contribution in [1.29, 1.82) is 0 Å². The maximum absolute atomic E-state index is 9.08. The lowest BCUT2D eigenvalue weighted by molar-refractivity contribution is 0.281. The quantitative estimate of drug-likeness (QED) is 0.717. The summed E-state index contributed by atoms with van der Waals surface area (Å²) in [5.41, 5.74) is 0.539. The van der Waals surface area contributed by atoms with E-state index in [0.717, 1.165) is 0 Å². The number of aliphatic hydroxyl groups excluding tert-OH is 1. The normalized spacial score (nSPS) is 10.1. The lowest BCUT2D eigenvalue weighted by Crippen LogP contribution is -1.83. The molecule has 0 atom stereocenters. The van der Waals surface area contributed by atoms with Gasteiger partial charge >= 0.3 is 0 Å². The van der Waals surface area contributed by atoms with E-state index in [1.807, 2.05) is 0 Å². The Balaban J connectivity index is 3.21. The van der Waals surface area contributed by atoms with E-state index in [4.69, 9.17) is 33.4 Å². The molecule has 2 nitrogen and oxygen atoms in total. The number of aromatic hydroxyl groups is 1. The van der Waals surface area contributed by atoms with Crippen LogP contribution in [0, 0.1) is 0 Å². The summed E-state index contributed by atoms with van der Waals surface area (Å²) >= 11 is 11.1. The fourth-order valence-electron chi connectivity index (χ4n) is 0.720. The summed E-state index contributed by atoms with van der Waals surface area (Å²) in [6, 6.07) is 2.87. The summed E-state index contributed by atoms with van der Waals surface area (Å²) < 4.78 is 0. The topological polar surface area (TPSA) is 40.5 Å². The zero-order valence-corrected chi connectivity index (χ0v) is 7.02. The molecular formula is C7H6Cl2O2. The fourth-order valence-corrected chi connectivity index (χ4v) is 1.07. The van der Waals surface area contributed by atoms with Crippen molar-refractivity contribution < 1.29 is 10.2 Å². The molecule has 0 aliphatic carbocycles. The molecule has 0 aliphatic rings. The summed E-state index contributed by atoms with van der Waals surface area (Å²) in [5, 5.41) is 18.1. The van der Waals surface area contributed by atoms with E-state index in [0.29, 0.717) is 5.56 Å². The average Bonchev–Trinajstić information content (AvgIpc) is 1.99. The second kappa shape index (κ2) is 3.30. The minimum absolute atomic E-state index is 0.108. The van der Waals surface area contributed by atoms with E-state index in [2.05, 4.69) is 0 Å². The molecule has 2 N–H and O–H groups in total. The van der Waals surface area contributed by atoms with Gasteiger partial charge in [0.05, 0.1) is 11.6 Å². The third-order valence-corrected chi connectivity index (χ3v) is 2.04. The largest absolute Gasteiger partial charge is 0.506 e. The number of hydrogen-bond donors (Lipinski definition) is 2. The average molecular weight is 193 g/mol. The van der Waals surface area contributed by atoms with Crippen molar-refractivity contribution in [2.24, 2.45) is 0 Å². The number of benzene rings is 1. The molecule has 0 spiro atoms. The van der Waals surface area contributed by atoms with Gasteiger partial charge in [0.1, 0.15) is 10.8 Å². The SMILES string of the molecule is OCc1cc(O)c(Cl)c(Cl)c1. The highest BCUT2D eigenvalue weighted by atomic mass is 35.5. The second-order valence-corrected chi connectivity index (χ2v) is 2.85. The van der Waals surface area contributed by atoms with Gasteiger partial charge in [0.25, 0.3) is 0 Å². The lowest BCUT2D eigenvalue weighted by Gasteiger charge is -2.01. The van der Waals surface area contributed by atoms with Crippen LogP contribution in [0.2, 0.25) is 10.0 Å². The van der Waals surface area contributed by atoms with Gasteiger partial charge in [-0.1, -0.05) is 23.2 Å². The molecule has 0 fully saturated rings. The predicted octanol–water partition coefficient (Wildman–Crippen LogP) is 2.19. The number of phenols is 1. The zero-order chi connectivity index (χ0) is 8.43. The van der Waals surface area contributed by atoms with Crippen molar-refractivity contribution in [1.82, 2.24) is 0 Å². The minimum atomic E-state index is -0.162. The molecule has 1 aromatic carbocycles. The maximum Gasteiger partial charge on any atom is 0.136 e. The Morgan fingerprint density at radius 1 is 1.27 bits per heavy atom. The Hall–Kier alpha value is -0.440. The number of phenolic OH excluding ortho intramolecular Hbond substituents is 1. The molecular weight excluding hydrogens is 187 g/mol. The fraction of sp³-hybridized carbons (Fsp3) is 0.143. The molecule has 0 heterocycles. The van der Waals surface area contributed by atoms with Gasteiger partial charge in [-0.15, -0.1) is 0 Å². The van der Waals surface area contributed by atoms with Crippen LogP contribution in [0.15, 0.2) is 12.1 Å². The highest BCUT2D eigenvalue weighted by Crippen LogP contribution is 2.32. The molecule has 1 aromatic rings. The van der Waals surface area contributed by atoms with Gasteiger partial charge in [-0.3, -0.25) is 0 Å². The number of hydrogen-bond acceptors (Lipinski definition) is 2. The van der Waals surface area contributed by atoms with Gasteiger partial charge in [-0.25, -0.2) is 0 Å². The van der Waals surface area contributed by atoms with E-state index >= 15 is 0 Å². The Bertz CT molecular complexity index is 250. The molecule has 0 radical (unpaired) electrons. The highest BCUT2D eigenvalue weighted by molar-refractivity contribution is 6.42. The van der Waals surface area contributed by atoms with Gasteiger partial charge in [0.2, 0.25) is 0 Å². The van der Waals surface area contributed by atoms with Crippen LogP contribution in [-0.2, 0) is 6.61 Å². The van der Waals surface area contributed by atoms with E-state index in [1.165, 1.54) is 12.1 Å². The van der Waals surface area contributed by atoms with E-state index in [-0.39, 0.29) is 22.4 Å². The van der Waals surface area contributed by atoms with Crippen molar-refractivity contribution in [2.45, 2.75) is 6.61 Å². The second-order valence-electron chi connectivity index (χ2n) is 2.07. The van der Waals surface area contributed by atoms with E-state index in [9.17, 15) is 0 Å². The number of aliphatic hydroxyl groups is 1. The zero-order valence-electron chi connectivity index (χ0n) is 5.51. The Morgan fingerprint density at radius 2 is 1.91 bits per heavy atom. The summed E-state index contributed by atoms with van der Waals surface area (Å²) in [7, 11) is 0. The molecule has 0 amide bonds. The smallest absolute Gasteiger partial charge is 0.136 e. The third kappa shape index (κ3) is 1.77. The van der Waals surface area contributed by atoms with Crippen LogP contribution < -0.4 is 0 Å². The minimum Gasteiger partial charge on any atom is -0.506 e. The first-order valence-corrected chi connectivity index (χ1v) is 3.68. The first kappa shape index (κ1) is 8.65. The van der Waals surface area contributed by atoms with Crippen LogP contribution in [0.3, 0.4) is 0 Å². The molecule has 0 bridgehead atoms. The van der Waals surface area contributed by atoms with E-state index in [1.54, 1.807) is 0 Å². The molecule has 0 aromatic heterocycles.